The molecule has 3 aliphatic rings. The number of pyridine rings is 1. The van der Waals surface area contributed by atoms with Gasteiger partial charge in [-0.25, -0.2) is 4.39 Å². The van der Waals surface area contributed by atoms with Crippen molar-refractivity contribution in [2.24, 2.45) is 0 Å². The second-order valence-electron chi connectivity index (χ2n) is 5.99. The highest BCUT2D eigenvalue weighted by Gasteiger charge is 2.31. The molecule has 4 nitrogen and oxygen atoms in total. The molecule has 1 aromatic carbocycles. The number of fused-ring (bicyclic) bond motifs is 4. The van der Waals surface area contributed by atoms with Gasteiger partial charge in [0.15, 0.2) is 5.82 Å². The van der Waals surface area contributed by atoms with E-state index in [9.17, 15) is 4.39 Å². The van der Waals surface area contributed by atoms with Gasteiger partial charge in [-0.15, -0.1) is 0 Å². The van der Waals surface area contributed by atoms with E-state index in [1.54, 1.807) is 12.1 Å². The van der Waals surface area contributed by atoms with Gasteiger partial charge in [0.1, 0.15) is 5.52 Å². The summed E-state index contributed by atoms with van der Waals surface area (Å²) in [6.45, 7) is 6.35. The largest absolute Gasteiger partial charge is 0.381 e. The van der Waals surface area contributed by atoms with E-state index in [-0.39, 0.29) is 5.82 Å². The van der Waals surface area contributed by atoms with E-state index in [1.807, 2.05) is 6.07 Å². The van der Waals surface area contributed by atoms with Crippen LogP contribution in [-0.2, 0) is 0 Å². The van der Waals surface area contributed by atoms with E-state index >= 15 is 0 Å². The van der Waals surface area contributed by atoms with Gasteiger partial charge in [-0.2, -0.15) is 0 Å². The van der Waals surface area contributed by atoms with Gasteiger partial charge < -0.3 is 5.32 Å². The van der Waals surface area contributed by atoms with E-state index in [0.29, 0.717) is 27.7 Å². The highest BCUT2D eigenvalue weighted by atomic mass is 35.5. The molecule has 1 unspecified atom stereocenters. The smallest absolute Gasteiger partial charge is 0.172 e. The Bertz CT molecular complexity index is 700. The molecule has 22 heavy (non-hydrogen) atoms. The van der Waals surface area contributed by atoms with Crippen molar-refractivity contribution in [3.63, 3.8) is 0 Å². The molecule has 6 heteroatoms. The molecule has 5 rings (SSSR count). The molecule has 1 aromatic heterocycles. The van der Waals surface area contributed by atoms with Crippen molar-refractivity contribution in [3.05, 3.63) is 35.2 Å². The third kappa shape index (κ3) is 2.43. The molecule has 3 saturated heterocycles. The third-order valence-electron chi connectivity index (χ3n) is 4.72. The molecule has 116 valence electrons. The molecular weight excluding hydrogens is 303 g/mol. The van der Waals surface area contributed by atoms with Crippen LogP contribution < -0.4 is 5.32 Å². The number of rotatable bonds is 3. The number of halogens is 2. The van der Waals surface area contributed by atoms with Gasteiger partial charge in [0.25, 0.3) is 0 Å². The van der Waals surface area contributed by atoms with Gasteiger partial charge >= 0.3 is 0 Å². The number of anilines is 1. The van der Waals surface area contributed by atoms with Crippen molar-refractivity contribution < 1.29 is 4.39 Å². The number of hydrogen-bond acceptors (Lipinski definition) is 4. The van der Waals surface area contributed by atoms with Gasteiger partial charge in [-0.05, 0) is 18.2 Å². The molecule has 4 heterocycles. The Morgan fingerprint density at radius 2 is 2.05 bits per heavy atom. The number of piperazine rings is 3. The predicted molar refractivity (Wildman–Crippen MR) is 87.0 cm³/mol. The number of nitrogens with zero attached hydrogens (tertiary/aromatic N) is 3. The topological polar surface area (TPSA) is 31.4 Å². The van der Waals surface area contributed by atoms with Crippen LogP contribution in [0, 0.1) is 5.82 Å². The molecule has 2 aromatic rings. The van der Waals surface area contributed by atoms with Gasteiger partial charge in [0.05, 0.1) is 10.7 Å². The molecule has 0 aliphatic carbocycles. The number of benzene rings is 1. The Morgan fingerprint density at radius 3 is 2.77 bits per heavy atom. The zero-order valence-electron chi connectivity index (χ0n) is 12.2. The van der Waals surface area contributed by atoms with Crippen LogP contribution in [0.3, 0.4) is 0 Å². The molecule has 2 bridgehead atoms. The van der Waals surface area contributed by atoms with E-state index < -0.39 is 0 Å². The minimum absolute atomic E-state index is 0.323. The summed E-state index contributed by atoms with van der Waals surface area (Å²) in [5.74, 6) is -0.323. The summed E-state index contributed by atoms with van der Waals surface area (Å²) >= 11 is 6.08. The lowest BCUT2D eigenvalue weighted by Gasteiger charge is -2.47. The van der Waals surface area contributed by atoms with E-state index in [1.165, 1.54) is 6.20 Å². The molecule has 0 radical (unpaired) electrons. The average Bonchev–Trinajstić information content (AvgIpc) is 2.56. The molecule has 3 fully saturated rings. The van der Waals surface area contributed by atoms with Crippen molar-refractivity contribution >= 4 is 28.2 Å². The van der Waals surface area contributed by atoms with Gasteiger partial charge in [0, 0.05) is 56.9 Å². The number of aromatic nitrogens is 1. The van der Waals surface area contributed by atoms with Crippen molar-refractivity contribution in [1.82, 2.24) is 14.8 Å². The van der Waals surface area contributed by atoms with Crippen LogP contribution in [0.25, 0.3) is 10.9 Å². The Balaban J connectivity index is 1.53. The highest BCUT2D eigenvalue weighted by Crippen LogP contribution is 2.28. The van der Waals surface area contributed by atoms with Crippen molar-refractivity contribution in [2.45, 2.75) is 6.04 Å². The Morgan fingerprint density at radius 1 is 1.23 bits per heavy atom. The van der Waals surface area contributed by atoms with Crippen LogP contribution in [0.5, 0.6) is 0 Å². The fourth-order valence-corrected chi connectivity index (χ4v) is 3.64. The summed E-state index contributed by atoms with van der Waals surface area (Å²) in [6.07, 6.45) is 1.54. The van der Waals surface area contributed by atoms with Crippen LogP contribution in [0.2, 0.25) is 5.02 Å². The first-order valence-corrected chi connectivity index (χ1v) is 8.03. The van der Waals surface area contributed by atoms with Gasteiger partial charge in [-0.1, -0.05) is 11.6 Å². The second-order valence-corrected chi connectivity index (χ2v) is 6.39. The molecular formula is C16H18ClFN4. The quantitative estimate of drug-likeness (QED) is 0.941. The predicted octanol–water partition coefficient (Wildman–Crippen LogP) is 2.44. The van der Waals surface area contributed by atoms with Gasteiger partial charge in [-0.3, -0.25) is 14.8 Å². The molecule has 1 N–H and O–H groups in total. The number of nitrogens with one attached hydrogen (secondary N) is 1. The lowest BCUT2D eigenvalue weighted by Crippen LogP contribution is -2.62. The molecule has 0 amide bonds. The zero-order chi connectivity index (χ0) is 15.1. The Kier molecular flexibility index (Phi) is 3.64. The second kappa shape index (κ2) is 5.65. The summed E-state index contributed by atoms with van der Waals surface area (Å²) in [7, 11) is 0. The van der Waals surface area contributed by atoms with Crippen molar-refractivity contribution in [1.29, 1.82) is 0 Å². The fraction of sp³-hybridized carbons (Fsp3) is 0.438. The lowest BCUT2D eigenvalue weighted by atomic mass is 10.1. The van der Waals surface area contributed by atoms with Crippen LogP contribution in [0.1, 0.15) is 0 Å². The first-order valence-electron chi connectivity index (χ1n) is 7.65. The van der Waals surface area contributed by atoms with Crippen LogP contribution in [0.4, 0.5) is 10.1 Å². The average molecular weight is 321 g/mol. The SMILES string of the molecule is Fc1c(NCC2CN3CCN2CC3)ccc2c(Cl)ccnc12. The highest BCUT2D eigenvalue weighted by molar-refractivity contribution is 6.35. The number of hydrogen-bond donors (Lipinski definition) is 1. The summed E-state index contributed by atoms with van der Waals surface area (Å²) in [5, 5.41) is 4.43. The fourth-order valence-electron chi connectivity index (χ4n) is 3.43. The summed E-state index contributed by atoms with van der Waals surface area (Å²) in [6, 6.07) is 5.70. The summed E-state index contributed by atoms with van der Waals surface area (Å²) in [4.78, 5) is 9.08. The molecule has 1 atom stereocenters. The minimum atomic E-state index is -0.323. The first-order chi connectivity index (χ1) is 10.7. The normalized spacial score (nSPS) is 27.3. The van der Waals surface area contributed by atoms with E-state index in [0.717, 1.165) is 39.3 Å². The zero-order valence-corrected chi connectivity index (χ0v) is 13.0. The maximum Gasteiger partial charge on any atom is 0.172 e. The van der Waals surface area contributed by atoms with Gasteiger partial charge in [0.2, 0.25) is 0 Å². The minimum Gasteiger partial charge on any atom is -0.381 e. The summed E-state index contributed by atoms with van der Waals surface area (Å²) in [5.41, 5.74) is 0.826. The standard InChI is InChI=1S/C16H18ClFN4/c17-13-3-4-19-16-12(13)1-2-14(15(16)18)20-9-11-10-21-5-7-22(11)8-6-21/h1-4,11,20H,5-10H2. The Labute approximate surface area is 133 Å². The maximum atomic E-state index is 14.6. The summed E-state index contributed by atoms with van der Waals surface area (Å²) < 4.78 is 14.6. The van der Waals surface area contributed by atoms with E-state index in [2.05, 4.69) is 20.1 Å². The first kappa shape index (κ1) is 14.2. The lowest BCUT2D eigenvalue weighted by molar-refractivity contribution is 0.0189. The molecule has 0 saturated carbocycles. The van der Waals surface area contributed by atoms with Crippen molar-refractivity contribution in [3.8, 4) is 0 Å². The van der Waals surface area contributed by atoms with Crippen molar-refractivity contribution in [2.75, 3.05) is 44.6 Å². The molecule has 3 aliphatic heterocycles. The van der Waals surface area contributed by atoms with Crippen LogP contribution in [0.15, 0.2) is 24.4 Å². The Hall–Kier alpha value is -1.43. The van der Waals surface area contributed by atoms with Crippen LogP contribution in [-0.4, -0.2) is 60.1 Å². The van der Waals surface area contributed by atoms with E-state index in [4.69, 9.17) is 11.6 Å². The third-order valence-corrected chi connectivity index (χ3v) is 5.05. The maximum absolute atomic E-state index is 14.6. The monoisotopic (exact) mass is 320 g/mol. The molecule has 0 spiro atoms. The van der Waals surface area contributed by atoms with Crippen LogP contribution >= 0.6 is 11.6 Å².